The second-order valence-corrected chi connectivity index (χ2v) is 8.21. The van der Waals surface area contributed by atoms with Crippen LogP contribution in [0.25, 0.3) is 0 Å². The van der Waals surface area contributed by atoms with E-state index in [2.05, 4.69) is 20.8 Å². The summed E-state index contributed by atoms with van der Waals surface area (Å²) in [5.74, 6) is 1.33. The highest BCUT2D eigenvalue weighted by Crippen LogP contribution is 2.41. The van der Waals surface area contributed by atoms with Crippen LogP contribution >= 0.6 is 0 Å². The Balaban J connectivity index is 1.66. The molecule has 2 heterocycles. The Labute approximate surface area is 144 Å². The number of amides is 1. The first kappa shape index (κ1) is 17.1. The van der Waals surface area contributed by atoms with Crippen LogP contribution in [0.5, 0.6) is 11.5 Å². The summed E-state index contributed by atoms with van der Waals surface area (Å²) in [5, 5.41) is 12.0. The van der Waals surface area contributed by atoms with Crippen molar-refractivity contribution < 1.29 is 14.7 Å². The molecule has 1 aromatic rings. The number of nitrogens with zero attached hydrogens (tertiary/aromatic N) is 2. The molecule has 0 unspecified atom stereocenters. The lowest BCUT2D eigenvalue weighted by molar-refractivity contribution is -0.144. The van der Waals surface area contributed by atoms with Crippen LogP contribution in [-0.4, -0.2) is 47.7 Å². The van der Waals surface area contributed by atoms with Gasteiger partial charge in [-0.05, 0) is 42.9 Å². The van der Waals surface area contributed by atoms with E-state index in [-0.39, 0.29) is 10.8 Å². The average molecular weight is 332 g/mol. The van der Waals surface area contributed by atoms with Gasteiger partial charge in [-0.15, -0.1) is 5.06 Å². The summed E-state index contributed by atoms with van der Waals surface area (Å²) in [6.07, 6.45) is 2.66. The number of rotatable bonds is 2. The molecule has 2 fully saturated rings. The number of carbonyl (C=O) groups is 1. The van der Waals surface area contributed by atoms with Crippen LogP contribution in [0.15, 0.2) is 18.2 Å². The molecule has 2 aliphatic heterocycles. The van der Waals surface area contributed by atoms with Crippen molar-refractivity contribution in [1.29, 1.82) is 0 Å². The molecule has 2 saturated heterocycles. The molecule has 3 rings (SSSR count). The third-order valence-electron chi connectivity index (χ3n) is 5.42. The lowest BCUT2D eigenvalue weighted by Crippen LogP contribution is -2.45. The summed E-state index contributed by atoms with van der Waals surface area (Å²) in [6.45, 7) is 8.58. The largest absolute Gasteiger partial charge is 0.508 e. The van der Waals surface area contributed by atoms with Gasteiger partial charge in [0, 0.05) is 32.2 Å². The van der Waals surface area contributed by atoms with E-state index in [1.165, 1.54) is 0 Å². The number of phenolic OH excluding ortho intramolecular Hbond substituents is 1. The van der Waals surface area contributed by atoms with Crippen LogP contribution in [0.1, 0.15) is 45.6 Å². The monoisotopic (exact) mass is 332 g/mol. The van der Waals surface area contributed by atoms with Crippen molar-refractivity contribution in [3.05, 3.63) is 23.8 Å². The molecule has 24 heavy (non-hydrogen) atoms. The zero-order valence-corrected chi connectivity index (χ0v) is 15.1. The lowest BCUT2D eigenvalue weighted by Gasteiger charge is -2.37. The fraction of sp³-hybridized carbons (Fsp3) is 0.632. The average Bonchev–Trinajstić information content (AvgIpc) is 2.79. The van der Waals surface area contributed by atoms with Gasteiger partial charge < -0.3 is 14.8 Å². The van der Waals surface area contributed by atoms with Gasteiger partial charge in [0.15, 0.2) is 0 Å². The first-order chi connectivity index (χ1) is 11.2. The number of benzene rings is 1. The standard InChI is InChI=1S/C19H28N2O3/c1-18(2,3)15-13-14(5-6-16(15)22)24-21-11-8-19(9-12-21)7-10-20(4)17(19)23/h5-6,13,22H,7-12H2,1-4H3. The van der Waals surface area contributed by atoms with Gasteiger partial charge in [-0.1, -0.05) is 20.8 Å². The Hall–Kier alpha value is -1.75. The first-order valence-corrected chi connectivity index (χ1v) is 8.73. The topological polar surface area (TPSA) is 53.0 Å². The van der Waals surface area contributed by atoms with E-state index in [0.717, 1.165) is 50.2 Å². The molecule has 1 amide bonds. The molecule has 132 valence electrons. The number of hydrogen-bond acceptors (Lipinski definition) is 4. The van der Waals surface area contributed by atoms with Gasteiger partial charge in [-0.25, -0.2) is 0 Å². The second kappa shape index (κ2) is 5.96. The number of hydroxylamine groups is 2. The van der Waals surface area contributed by atoms with E-state index >= 15 is 0 Å². The van der Waals surface area contributed by atoms with E-state index in [4.69, 9.17) is 4.84 Å². The molecule has 0 aromatic heterocycles. The molecule has 2 aliphatic rings. The normalized spacial score (nSPS) is 21.5. The second-order valence-electron chi connectivity index (χ2n) is 8.21. The molecule has 5 nitrogen and oxygen atoms in total. The van der Waals surface area contributed by atoms with Crippen molar-refractivity contribution in [1.82, 2.24) is 9.96 Å². The van der Waals surface area contributed by atoms with E-state index in [1.54, 1.807) is 12.1 Å². The predicted octanol–water partition coefficient (Wildman–Crippen LogP) is 2.93. The Bertz CT molecular complexity index is 628. The quantitative estimate of drug-likeness (QED) is 0.905. The zero-order valence-electron chi connectivity index (χ0n) is 15.1. The van der Waals surface area contributed by atoms with E-state index in [1.807, 2.05) is 23.1 Å². The number of phenols is 1. The first-order valence-electron chi connectivity index (χ1n) is 8.73. The minimum Gasteiger partial charge on any atom is -0.508 e. The summed E-state index contributed by atoms with van der Waals surface area (Å²) in [7, 11) is 1.89. The summed E-state index contributed by atoms with van der Waals surface area (Å²) in [5.41, 5.74) is 0.567. The highest BCUT2D eigenvalue weighted by Gasteiger charge is 2.47. The molecular weight excluding hydrogens is 304 g/mol. The van der Waals surface area contributed by atoms with Crippen molar-refractivity contribution in [3.63, 3.8) is 0 Å². The van der Waals surface area contributed by atoms with Gasteiger partial charge in [0.25, 0.3) is 0 Å². The van der Waals surface area contributed by atoms with Crippen molar-refractivity contribution >= 4 is 5.91 Å². The minimum atomic E-state index is -0.167. The molecule has 0 saturated carbocycles. The van der Waals surface area contributed by atoms with E-state index in [0.29, 0.717) is 11.7 Å². The minimum absolute atomic E-state index is 0.143. The molecule has 0 aliphatic carbocycles. The maximum Gasteiger partial charge on any atom is 0.228 e. The van der Waals surface area contributed by atoms with Crippen LogP contribution in [-0.2, 0) is 10.2 Å². The molecule has 0 atom stereocenters. The van der Waals surface area contributed by atoms with Crippen LogP contribution in [0.3, 0.4) is 0 Å². The number of likely N-dealkylation sites (tertiary alicyclic amines) is 1. The van der Waals surface area contributed by atoms with Gasteiger partial charge in [0.2, 0.25) is 5.91 Å². The Morgan fingerprint density at radius 1 is 1.12 bits per heavy atom. The van der Waals surface area contributed by atoms with Crippen LogP contribution in [0.2, 0.25) is 0 Å². The maximum atomic E-state index is 12.4. The van der Waals surface area contributed by atoms with Crippen molar-refractivity contribution in [2.75, 3.05) is 26.7 Å². The molecule has 0 bridgehead atoms. The molecular formula is C19H28N2O3. The van der Waals surface area contributed by atoms with Gasteiger partial charge in [0.05, 0.1) is 5.41 Å². The number of piperidine rings is 1. The summed E-state index contributed by atoms with van der Waals surface area (Å²) in [4.78, 5) is 20.2. The van der Waals surface area contributed by atoms with Gasteiger partial charge in [-0.2, -0.15) is 0 Å². The van der Waals surface area contributed by atoms with Crippen molar-refractivity contribution in [2.45, 2.75) is 45.4 Å². The molecule has 1 spiro atoms. The molecule has 1 N–H and O–H groups in total. The zero-order chi connectivity index (χ0) is 17.5. The van der Waals surface area contributed by atoms with Crippen LogP contribution in [0, 0.1) is 5.41 Å². The Morgan fingerprint density at radius 2 is 1.75 bits per heavy atom. The Morgan fingerprint density at radius 3 is 2.29 bits per heavy atom. The van der Waals surface area contributed by atoms with Gasteiger partial charge in [0.1, 0.15) is 11.5 Å². The lowest BCUT2D eigenvalue weighted by atomic mass is 9.77. The Kier molecular flexibility index (Phi) is 4.24. The summed E-state index contributed by atoms with van der Waals surface area (Å²) >= 11 is 0. The van der Waals surface area contributed by atoms with E-state index < -0.39 is 0 Å². The predicted molar refractivity (Wildman–Crippen MR) is 92.9 cm³/mol. The number of aromatic hydroxyl groups is 1. The maximum absolute atomic E-state index is 12.4. The van der Waals surface area contributed by atoms with Crippen molar-refractivity contribution in [3.8, 4) is 11.5 Å². The summed E-state index contributed by atoms with van der Waals surface area (Å²) < 4.78 is 0. The molecule has 5 heteroatoms. The van der Waals surface area contributed by atoms with Gasteiger partial charge in [-0.3, -0.25) is 4.79 Å². The van der Waals surface area contributed by atoms with Crippen LogP contribution in [0.4, 0.5) is 0 Å². The van der Waals surface area contributed by atoms with Crippen LogP contribution < -0.4 is 4.84 Å². The van der Waals surface area contributed by atoms with Crippen molar-refractivity contribution in [2.24, 2.45) is 5.41 Å². The molecule has 0 radical (unpaired) electrons. The highest BCUT2D eigenvalue weighted by atomic mass is 16.7. The number of hydrogen-bond donors (Lipinski definition) is 1. The SMILES string of the molecule is CN1CCC2(CCN(Oc3ccc(O)c(C(C)(C)C)c3)CC2)C1=O. The summed E-state index contributed by atoms with van der Waals surface area (Å²) in [6, 6.07) is 5.40. The highest BCUT2D eigenvalue weighted by molar-refractivity contribution is 5.84. The third-order valence-corrected chi connectivity index (χ3v) is 5.42. The smallest absolute Gasteiger partial charge is 0.228 e. The fourth-order valence-electron chi connectivity index (χ4n) is 3.79. The molecule has 1 aromatic carbocycles. The van der Waals surface area contributed by atoms with E-state index in [9.17, 15) is 9.90 Å². The third kappa shape index (κ3) is 3.09. The fourth-order valence-corrected chi connectivity index (χ4v) is 3.79. The van der Waals surface area contributed by atoms with Gasteiger partial charge >= 0.3 is 0 Å². The number of carbonyl (C=O) groups excluding carboxylic acids is 1.